The van der Waals surface area contributed by atoms with Crippen LogP contribution in [0.4, 0.5) is 5.69 Å². The van der Waals surface area contributed by atoms with Crippen LogP contribution in [-0.2, 0) is 4.79 Å². The van der Waals surface area contributed by atoms with E-state index < -0.39 is 0 Å². The van der Waals surface area contributed by atoms with Crippen molar-refractivity contribution in [2.45, 2.75) is 13.8 Å². The minimum atomic E-state index is -0.325. The predicted molar refractivity (Wildman–Crippen MR) is 105 cm³/mol. The number of hydrogen-bond donors (Lipinski definition) is 3. The summed E-state index contributed by atoms with van der Waals surface area (Å²) in [6, 6.07) is 13.9. The molecule has 0 unspecified atom stereocenters. The van der Waals surface area contributed by atoms with E-state index in [1.807, 2.05) is 26.0 Å². The van der Waals surface area contributed by atoms with Gasteiger partial charge in [0.1, 0.15) is 11.6 Å². The molecule has 0 saturated heterocycles. The van der Waals surface area contributed by atoms with E-state index in [1.165, 1.54) is 0 Å². The molecule has 144 valence electrons. The van der Waals surface area contributed by atoms with Crippen molar-refractivity contribution < 1.29 is 14.3 Å². The Labute approximate surface area is 162 Å². The zero-order valence-corrected chi connectivity index (χ0v) is 15.7. The number of rotatable bonds is 7. The molecule has 0 spiro atoms. The molecule has 8 nitrogen and oxygen atoms in total. The highest BCUT2D eigenvalue weighted by Gasteiger charge is 2.09. The molecule has 3 rings (SSSR count). The summed E-state index contributed by atoms with van der Waals surface area (Å²) in [5, 5.41) is 12.2. The molecule has 0 atom stereocenters. The lowest BCUT2D eigenvalue weighted by Crippen LogP contribution is -2.32. The molecule has 0 saturated carbocycles. The zero-order chi connectivity index (χ0) is 19.9. The summed E-state index contributed by atoms with van der Waals surface area (Å²) >= 11 is 0. The largest absolute Gasteiger partial charge is 0.494 e. The van der Waals surface area contributed by atoms with Gasteiger partial charge in [0, 0.05) is 16.8 Å². The van der Waals surface area contributed by atoms with Crippen LogP contribution in [0.15, 0.2) is 48.5 Å². The molecule has 2 aromatic carbocycles. The first-order valence-corrected chi connectivity index (χ1v) is 8.85. The maximum absolute atomic E-state index is 12.1. The molecule has 3 N–H and O–H groups in total. The number of nitrogens with zero attached hydrogens (tertiary/aromatic N) is 2. The maximum Gasteiger partial charge on any atom is 0.251 e. The average Bonchev–Trinajstić information content (AvgIpc) is 3.14. The molecule has 2 amide bonds. The first-order chi connectivity index (χ1) is 13.5. The standard InChI is InChI=1S/C20H21N5O3/c1-3-28-17-10-6-15(7-11-17)20(27)21-12-18(26)23-16-8-4-14(5-9-16)19-22-13(2)24-25-19/h4-11H,3,12H2,1-2H3,(H,21,27)(H,23,26)(H,22,24,25). The second kappa shape index (κ2) is 8.81. The Hall–Kier alpha value is -3.68. The number of amides is 2. The molecule has 0 radical (unpaired) electrons. The fraction of sp³-hybridized carbons (Fsp3) is 0.200. The summed E-state index contributed by atoms with van der Waals surface area (Å²) in [6.07, 6.45) is 0. The van der Waals surface area contributed by atoms with Crippen molar-refractivity contribution in [3.8, 4) is 17.1 Å². The van der Waals surface area contributed by atoms with Crippen molar-refractivity contribution >= 4 is 17.5 Å². The third-order valence-corrected chi connectivity index (χ3v) is 3.86. The fourth-order valence-electron chi connectivity index (χ4n) is 2.51. The molecule has 0 aliphatic rings. The van der Waals surface area contributed by atoms with E-state index in [1.54, 1.807) is 36.4 Å². The molecule has 1 heterocycles. The zero-order valence-electron chi connectivity index (χ0n) is 15.7. The Morgan fingerprint density at radius 3 is 2.39 bits per heavy atom. The van der Waals surface area contributed by atoms with Crippen molar-refractivity contribution in [3.05, 3.63) is 59.9 Å². The predicted octanol–water partition coefficient (Wildman–Crippen LogP) is 2.55. The summed E-state index contributed by atoms with van der Waals surface area (Å²) in [4.78, 5) is 28.5. The Morgan fingerprint density at radius 1 is 1.07 bits per heavy atom. The lowest BCUT2D eigenvalue weighted by atomic mass is 10.2. The van der Waals surface area contributed by atoms with Crippen molar-refractivity contribution in [3.63, 3.8) is 0 Å². The summed E-state index contributed by atoms with van der Waals surface area (Å²) in [5.41, 5.74) is 1.92. The fourth-order valence-corrected chi connectivity index (χ4v) is 2.51. The Kier molecular flexibility index (Phi) is 6.01. The van der Waals surface area contributed by atoms with Gasteiger partial charge < -0.3 is 15.4 Å². The van der Waals surface area contributed by atoms with Crippen molar-refractivity contribution in [1.29, 1.82) is 0 Å². The number of aryl methyl sites for hydroxylation is 1. The topological polar surface area (TPSA) is 109 Å². The number of carbonyl (C=O) groups excluding carboxylic acids is 2. The van der Waals surface area contributed by atoms with Gasteiger partial charge in [-0.25, -0.2) is 4.98 Å². The molecule has 8 heteroatoms. The normalized spacial score (nSPS) is 10.4. The SMILES string of the molecule is CCOc1ccc(C(=O)NCC(=O)Nc2ccc(-c3n[nH]c(C)n3)cc2)cc1. The van der Waals surface area contributed by atoms with Crippen molar-refractivity contribution in [2.75, 3.05) is 18.5 Å². The molecular formula is C20H21N5O3. The van der Waals surface area contributed by atoms with Gasteiger partial charge in [-0.1, -0.05) is 0 Å². The lowest BCUT2D eigenvalue weighted by molar-refractivity contribution is -0.115. The van der Waals surface area contributed by atoms with Gasteiger partial charge in [-0.3, -0.25) is 14.7 Å². The van der Waals surface area contributed by atoms with Crippen LogP contribution in [0.5, 0.6) is 5.75 Å². The molecule has 0 aliphatic carbocycles. The minimum absolute atomic E-state index is 0.131. The maximum atomic E-state index is 12.1. The summed E-state index contributed by atoms with van der Waals surface area (Å²) < 4.78 is 5.34. The van der Waals surface area contributed by atoms with Crippen molar-refractivity contribution in [1.82, 2.24) is 20.5 Å². The number of H-pyrrole nitrogens is 1. The third-order valence-electron chi connectivity index (χ3n) is 3.86. The second-order valence-corrected chi connectivity index (χ2v) is 6.01. The molecular weight excluding hydrogens is 358 g/mol. The van der Waals surface area contributed by atoms with Gasteiger partial charge >= 0.3 is 0 Å². The second-order valence-electron chi connectivity index (χ2n) is 6.01. The van der Waals surface area contributed by atoms with Gasteiger partial charge in [-0.15, -0.1) is 0 Å². The van der Waals surface area contributed by atoms with E-state index in [2.05, 4.69) is 25.8 Å². The van der Waals surface area contributed by atoms with E-state index in [0.717, 1.165) is 11.4 Å². The number of nitrogens with one attached hydrogen (secondary N) is 3. The third kappa shape index (κ3) is 4.94. The van der Waals surface area contributed by atoms with E-state index in [4.69, 9.17) is 4.74 Å². The van der Waals surface area contributed by atoms with E-state index >= 15 is 0 Å². The molecule has 28 heavy (non-hydrogen) atoms. The van der Waals surface area contributed by atoms with Crippen LogP contribution >= 0.6 is 0 Å². The number of carbonyl (C=O) groups is 2. The minimum Gasteiger partial charge on any atom is -0.494 e. The van der Waals surface area contributed by atoms with Crippen LogP contribution in [0.1, 0.15) is 23.1 Å². The molecule has 1 aromatic heterocycles. The highest BCUT2D eigenvalue weighted by molar-refractivity contribution is 5.99. The highest BCUT2D eigenvalue weighted by Crippen LogP contribution is 2.17. The van der Waals surface area contributed by atoms with Crippen LogP contribution in [0.2, 0.25) is 0 Å². The van der Waals surface area contributed by atoms with Crippen LogP contribution in [0.25, 0.3) is 11.4 Å². The van der Waals surface area contributed by atoms with Gasteiger partial charge in [0.05, 0.1) is 13.2 Å². The number of benzene rings is 2. The Bertz CT molecular complexity index is 949. The number of hydrogen-bond acceptors (Lipinski definition) is 5. The van der Waals surface area contributed by atoms with E-state index in [0.29, 0.717) is 29.4 Å². The monoisotopic (exact) mass is 379 g/mol. The summed E-state index contributed by atoms with van der Waals surface area (Å²) in [7, 11) is 0. The summed E-state index contributed by atoms with van der Waals surface area (Å²) in [5.74, 6) is 1.38. The van der Waals surface area contributed by atoms with Crippen LogP contribution < -0.4 is 15.4 Å². The smallest absolute Gasteiger partial charge is 0.251 e. The first-order valence-electron chi connectivity index (χ1n) is 8.85. The molecule has 0 fully saturated rings. The number of ether oxygens (including phenoxy) is 1. The van der Waals surface area contributed by atoms with Gasteiger partial charge in [0.2, 0.25) is 5.91 Å². The van der Waals surface area contributed by atoms with Gasteiger partial charge in [-0.05, 0) is 62.4 Å². The van der Waals surface area contributed by atoms with Gasteiger partial charge in [-0.2, -0.15) is 5.10 Å². The Balaban J connectivity index is 1.50. The number of aromatic nitrogens is 3. The van der Waals surface area contributed by atoms with Crippen LogP contribution in [0, 0.1) is 6.92 Å². The van der Waals surface area contributed by atoms with Crippen LogP contribution in [-0.4, -0.2) is 40.1 Å². The quantitative estimate of drug-likeness (QED) is 0.584. The van der Waals surface area contributed by atoms with Gasteiger partial charge in [0.25, 0.3) is 5.91 Å². The summed E-state index contributed by atoms with van der Waals surface area (Å²) in [6.45, 7) is 4.15. The Morgan fingerprint density at radius 2 is 1.79 bits per heavy atom. The molecule has 0 bridgehead atoms. The van der Waals surface area contributed by atoms with E-state index in [9.17, 15) is 9.59 Å². The van der Waals surface area contributed by atoms with Crippen LogP contribution in [0.3, 0.4) is 0 Å². The van der Waals surface area contributed by atoms with E-state index in [-0.39, 0.29) is 18.4 Å². The van der Waals surface area contributed by atoms with Gasteiger partial charge in [0.15, 0.2) is 5.82 Å². The number of aromatic amines is 1. The molecule has 0 aliphatic heterocycles. The highest BCUT2D eigenvalue weighted by atomic mass is 16.5. The number of anilines is 1. The molecule has 3 aromatic rings. The average molecular weight is 379 g/mol. The first kappa shape index (κ1) is 19.1. The lowest BCUT2D eigenvalue weighted by Gasteiger charge is -2.08. The van der Waals surface area contributed by atoms with Crippen molar-refractivity contribution in [2.24, 2.45) is 0 Å².